The van der Waals surface area contributed by atoms with Crippen LogP contribution in [0.5, 0.6) is 0 Å². The number of aryl methyl sites for hydroxylation is 2. The minimum absolute atomic E-state index is 0.0794. The molecule has 4 aromatic carbocycles. The molecule has 5 rings (SSSR count). The van der Waals surface area contributed by atoms with Crippen LogP contribution in [0.3, 0.4) is 0 Å². The number of para-hydroxylation sites is 1. The summed E-state index contributed by atoms with van der Waals surface area (Å²) in [5, 5.41) is 0. The molecule has 0 N–H and O–H groups in total. The number of benzene rings is 4. The normalized spacial score (nSPS) is 13.9. The van der Waals surface area contributed by atoms with Crippen LogP contribution in [-0.2, 0) is 18.3 Å². The fraction of sp³-hybridized carbons (Fsp3) is 0.314. The summed E-state index contributed by atoms with van der Waals surface area (Å²) in [5.41, 5.74) is 13.5. The van der Waals surface area contributed by atoms with Gasteiger partial charge in [-0.25, -0.2) is 0 Å². The van der Waals surface area contributed by atoms with Crippen LogP contribution >= 0.6 is 0 Å². The van der Waals surface area contributed by atoms with Gasteiger partial charge in [-0.15, -0.1) is 0 Å². The van der Waals surface area contributed by atoms with Crippen molar-refractivity contribution in [2.24, 2.45) is 0 Å². The van der Waals surface area contributed by atoms with E-state index in [0.717, 1.165) is 12.8 Å². The highest BCUT2D eigenvalue weighted by atomic mass is 15.2. The van der Waals surface area contributed by atoms with Crippen molar-refractivity contribution in [1.29, 1.82) is 0 Å². The Labute approximate surface area is 217 Å². The summed E-state index contributed by atoms with van der Waals surface area (Å²) < 4.78 is 0. The molecular formula is C35H39N. The van der Waals surface area contributed by atoms with E-state index in [0.29, 0.717) is 0 Å². The minimum atomic E-state index is -0.126. The molecule has 184 valence electrons. The Kier molecular flexibility index (Phi) is 6.07. The van der Waals surface area contributed by atoms with Gasteiger partial charge in [0.05, 0.1) is 5.69 Å². The summed E-state index contributed by atoms with van der Waals surface area (Å²) >= 11 is 0. The van der Waals surface area contributed by atoms with Crippen LogP contribution in [-0.4, -0.2) is 5.54 Å². The van der Waals surface area contributed by atoms with Crippen molar-refractivity contribution in [3.63, 3.8) is 0 Å². The van der Waals surface area contributed by atoms with Gasteiger partial charge in [-0.1, -0.05) is 113 Å². The first-order chi connectivity index (χ1) is 17.2. The molecular weight excluding hydrogens is 434 g/mol. The molecule has 4 aromatic rings. The van der Waals surface area contributed by atoms with Gasteiger partial charge in [0.15, 0.2) is 0 Å². The molecule has 0 heterocycles. The molecule has 0 saturated carbocycles. The van der Waals surface area contributed by atoms with E-state index in [-0.39, 0.29) is 11.0 Å². The number of hydrogen-bond acceptors (Lipinski definition) is 1. The third kappa shape index (κ3) is 3.77. The highest BCUT2D eigenvalue weighted by molar-refractivity contribution is 5.93. The lowest BCUT2D eigenvalue weighted by Crippen LogP contribution is -2.40. The average Bonchev–Trinajstić information content (AvgIpc) is 3.11. The summed E-state index contributed by atoms with van der Waals surface area (Å²) in [6.45, 7) is 16.5. The average molecular weight is 474 g/mol. The molecule has 0 amide bonds. The van der Waals surface area contributed by atoms with E-state index >= 15 is 0 Å². The van der Waals surface area contributed by atoms with Crippen LogP contribution in [0.1, 0.15) is 70.7 Å². The summed E-state index contributed by atoms with van der Waals surface area (Å²) in [4.78, 5) is 2.68. The van der Waals surface area contributed by atoms with Gasteiger partial charge in [-0.3, -0.25) is 0 Å². The molecule has 0 bridgehead atoms. The van der Waals surface area contributed by atoms with Gasteiger partial charge in [-0.05, 0) is 72.6 Å². The van der Waals surface area contributed by atoms with Crippen molar-refractivity contribution in [2.75, 3.05) is 4.90 Å². The SMILES string of the molecule is CCc1cccc(-c2ccccc2)c1N(c1c(CC)ccc2c1C(C)(C)c1ccccc1-2)C(C)(C)C. The number of anilines is 2. The van der Waals surface area contributed by atoms with Crippen molar-refractivity contribution < 1.29 is 0 Å². The van der Waals surface area contributed by atoms with Gasteiger partial charge >= 0.3 is 0 Å². The maximum Gasteiger partial charge on any atom is 0.0527 e. The van der Waals surface area contributed by atoms with Crippen LogP contribution in [0, 0.1) is 0 Å². The second kappa shape index (κ2) is 8.96. The molecule has 0 fully saturated rings. The van der Waals surface area contributed by atoms with E-state index in [1.807, 2.05) is 0 Å². The largest absolute Gasteiger partial charge is 0.335 e. The number of hydrogen-bond donors (Lipinski definition) is 0. The van der Waals surface area contributed by atoms with E-state index in [9.17, 15) is 0 Å². The monoisotopic (exact) mass is 473 g/mol. The fourth-order valence-electron chi connectivity index (χ4n) is 6.20. The third-order valence-electron chi connectivity index (χ3n) is 7.86. The van der Waals surface area contributed by atoms with Gasteiger partial charge in [0.2, 0.25) is 0 Å². The third-order valence-corrected chi connectivity index (χ3v) is 7.86. The van der Waals surface area contributed by atoms with E-state index < -0.39 is 0 Å². The molecule has 0 radical (unpaired) electrons. The van der Waals surface area contributed by atoms with Crippen molar-refractivity contribution in [3.05, 3.63) is 107 Å². The summed E-state index contributed by atoms with van der Waals surface area (Å²) in [6.07, 6.45) is 1.99. The zero-order valence-electron chi connectivity index (χ0n) is 22.9. The van der Waals surface area contributed by atoms with Crippen LogP contribution in [0.25, 0.3) is 22.3 Å². The van der Waals surface area contributed by atoms with E-state index in [1.54, 1.807) is 0 Å². The van der Waals surface area contributed by atoms with Crippen molar-refractivity contribution in [3.8, 4) is 22.3 Å². The Morgan fingerprint density at radius 1 is 0.611 bits per heavy atom. The lowest BCUT2D eigenvalue weighted by atomic mass is 9.79. The molecule has 1 aliphatic rings. The Hall–Kier alpha value is -3.32. The number of nitrogens with zero attached hydrogens (tertiary/aromatic N) is 1. The van der Waals surface area contributed by atoms with Crippen LogP contribution < -0.4 is 4.90 Å². The van der Waals surface area contributed by atoms with E-state index in [2.05, 4.69) is 138 Å². The lowest BCUT2D eigenvalue weighted by Gasteiger charge is -2.44. The highest BCUT2D eigenvalue weighted by Gasteiger charge is 2.41. The van der Waals surface area contributed by atoms with Crippen LogP contribution in [0.15, 0.2) is 84.9 Å². The van der Waals surface area contributed by atoms with Crippen LogP contribution in [0.2, 0.25) is 0 Å². The van der Waals surface area contributed by atoms with Crippen molar-refractivity contribution >= 4 is 11.4 Å². The van der Waals surface area contributed by atoms with E-state index in [1.165, 1.54) is 55.9 Å². The van der Waals surface area contributed by atoms with Gasteiger partial charge in [-0.2, -0.15) is 0 Å². The predicted octanol–water partition coefficient (Wildman–Crippen LogP) is 9.72. The molecule has 36 heavy (non-hydrogen) atoms. The molecule has 0 saturated heterocycles. The molecule has 0 atom stereocenters. The first-order valence-electron chi connectivity index (χ1n) is 13.4. The highest BCUT2D eigenvalue weighted by Crippen LogP contribution is 2.56. The first kappa shape index (κ1) is 24.4. The molecule has 1 aliphatic carbocycles. The standard InChI is InChI=1S/C35H39N/c1-8-24-18-15-20-27(26-16-11-10-12-17-26)32(24)36(34(3,4)5)33-25(9-2)22-23-29-28-19-13-14-21-30(28)35(6,7)31(29)33/h10-23H,8-9H2,1-7H3. The molecule has 0 aromatic heterocycles. The maximum absolute atomic E-state index is 2.68. The van der Waals surface area contributed by atoms with E-state index in [4.69, 9.17) is 0 Å². The lowest BCUT2D eigenvalue weighted by molar-refractivity contribution is 0.550. The fourth-order valence-corrected chi connectivity index (χ4v) is 6.20. The van der Waals surface area contributed by atoms with Gasteiger partial charge in [0, 0.05) is 22.2 Å². The van der Waals surface area contributed by atoms with Crippen LogP contribution in [0.4, 0.5) is 11.4 Å². The maximum atomic E-state index is 2.68. The number of fused-ring (bicyclic) bond motifs is 3. The molecule has 1 heteroatoms. The smallest absolute Gasteiger partial charge is 0.0527 e. The summed E-state index contributed by atoms with van der Waals surface area (Å²) in [7, 11) is 0. The Morgan fingerprint density at radius 3 is 1.89 bits per heavy atom. The van der Waals surface area contributed by atoms with Crippen molar-refractivity contribution in [1.82, 2.24) is 0 Å². The zero-order chi connectivity index (χ0) is 25.7. The van der Waals surface area contributed by atoms with Gasteiger partial charge < -0.3 is 4.90 Å². The predicted molar refractivity (Wildman–Crippen MR) is 157 cm³/mol. The quantitative estimate of drug-likeness (QED) is 0.279. The Morgan fingerprint density at radius 2 is 1.22 bits per heavy atom. The Balaban J connectivity index is 1.90. The Bertz CT molecular complexity index is 1400. The minimum Gasteiger partial charge on any atom is -0.335 e. The second-order valence-electron chi connectivity index (χ2n) is 11.6. The first-order valence-corrected chi connectivity index (χ1v) is 13.4. The van der Waals surface area contributed by atoms with Gasteiger partial charge in [0.25, 0.3) is 0 Å². The van der Waals surface area contributed by atoms with Crippen molar-refractivity contribution in [2.45, 2.75) is 72.3 Å². The molecule has 1 nitrogen and oxygen atoms in total. The second-order valence-corrected chi connectivity index (χ2v) is 11.6. The number of rotatable bonds is 5. The van der Waals surface area contributed by atoms with Gasteiger partial charge in [0.1, 0.15) is 0 Å². The molecule has 0 spiro atoms. The molecule has 0 aliphatic heterocycles. The molecule has 0 unspecified atom stereocenters. The zero-order valence-corrected chi connectivity index (χ0v) is 22.9. The summed E-state index contributed by atoms with van der Waals surface area (Å²) in [6, 6.07) is 31.5. The topological polar surface area (TPSA) is 3.24 Å². The summed E-state index contributed by atoms with van der Waals surface area (Å²) in [5.74, 6) is 0.